The van der Waals surface area contributed by atoms with Gasteiger partial charge in [0, 0.05) is 46.4 Å². The Morgan fingerprint density at radius 1 is 0.375 bits per heavy atom. The number of phenols is 1. The summed E-state index contributed by atoms with van der Waals surface area (Å²) in [4.78, 5) is 10.8. The number of aromatic nitrogens is 4. The molecule has 0 fully saturated rings. The quantitative estimate of drug-likeness (QED) is 0.157. The summed E-state index contributed by atoms with van der Waals surface area (Å²) >= 11 is 0. The van der Waals surface area contributed by atoms with Crippen LogP contribution in [0.1, 0.15) is 52.7 Å². The Balaban J connectivity index is 1.10. The van der Waals surface area contributed by atoms with Crippen LogP contribution in [-0.2, 0) is 17.9 Å². The van der Waals surface area contributed by atoms with E-state index in [2.05, 4.69) is 270 Å². The number of fused-ring (bicyclic) bond motifs is 4. The molecule has 1 N–H and O–H groups in total. The first kappa shape index (κ1) is 50.0. The van der Waals surface area contributed by atoms with Gasteiger partial charge in [-0.25, -0.2) is 4.98 Å². The Kier molecular flexibility index (Phi) is 12.3. The van der Waals surface area contributed by atoms with E-state index >= 15 is 0 Å². The average molecular weight is 1040 g/mol. The van der Waals surface area contributed by atoms with Crippen LogP contribution in [0.2, 0.25) is 0 Å². The Bertz CT molecular complexity index is 4500. The normalized spacial score (nSPS) is 12.0. The number of para-hydroxylation sites is 4. The monoisotopic (exact) mass is 1030 g/mol. The largest absolute Gasteiger partial charge is 0.507 e. The van der Waals surface area contributed by atoms with E-state index in [0.29, 0.717) is 11.4 Å². The van der Waals surface area contributed by atoms with Crippen molar-refractivity contribution in [2.45, 2.75) is 52.4 Å². The predicted molar refractivity (Wildman–Crippen MR) is 335 cm³/mol. The first-order valence-corrected chi connectivity index (χ1v) is 27.7. The molecule has 0 atom stereocenters. The van der Waals surface area contributed by atoms with Crippen LogP contribution in [0.3, 0.4) is 0 Å². The summed E-state index contributed by atoms with van der Waals surface area (Å²) in [6.45, 7) is 13.7. The molecule has 0 amide bonds. The molecule has 0 aliphatic rings. The molecule has 0 aliphatic heterocycles. The van der Waals surface area contributed by atoms with Gasteiger partial charge in [-0.1, -0.05) is 205 Å². The van der Waals surface area contributed by atoms with E-state index < -0.39 is 0 Å². The maximum Gasteiger partial charge on any atom is 0.144 e. The molecule has 13 aromatic rings. The summed E-state index contributed by atoms with van der Waals surface area (Å²) in [5.41, 5.74) is 23.2. The standard InChI is InChI=1S/C75H62N4O/c1-74(2,3)55-34-36-58(64(46-55)48-22-11-8-12-23-48)51-40-52(42-54(41-51)67-44-50(38-39-76-67)60-30-21-31-62-61-28-17-19-32-68(61)79(72(60)62)57-26-15-10-16-27-57)66-43-53(45-69-71(66)77-73(78(69)7)63-29-18-20-33-70(63)80)59-37-35-56(75(4,5)6)47-65(59)49-24-13-9-14-25-49/h8-47,80H,1-7H3. The zero-order valence-corrected chi connectivity index (χ0v) is 46.3. The van der Waals surface area contributed by atoms with Gasteiger partial charge in [0.2, 0.25) is 0 Å². The minimum atomic E-state index is -0.0753. The topological polar surface area (TPSA) is 55.9 Å². The van der Waals surface area contributed by atoms with E-state index in [1.165, 1.54) is 21.9 Å². The van der Waals surface area contributed by atoms with Crippen molar-refractivity contribution < 1.29 is 5.11 Å². The number of aryl methyl sites for hydroxylation is 1. The van der Waals surface area contributed by atoms with Crippen molar-refractivity contribution in [2.24, 2.45) is 7.05 Å². The van der Waals surface area contributed by atoms with Crippen LogP contribution in [0.15, 0.2) is 243 Å². The lowest BCUT2D eigenvalue weighted by molar-refractivity contribution is 0.476. The van der Waals surface area contributed by atoms with Crippen LogP contribution in [0.5, 0.6) is 5.75 Å². The molecule has 13 rings (SSSR count). The van der Waals surface area contributed by atoms with E-state index in [0.717, 1.165) is 106 Å². The third kappa shape index (κ3) is 8.95. The smallest absolute Gasteiger partial charge is 0.144 e. The second-order valence-corrected chi connectivity index (χ2v) is 23.3. The first-order chi connectivity index (χ1) is 38.8. The number of hydrogen-bond acceptors (Lipinski definition) is 3. The van der Waals surface area contributed by atoms with E-state index in [4.69, 9.17) is 9.97 Å². The number of phenolic OH excluding ortho intramolecular Hbond substituents is 1. The zero-order valence-electron chi connectivity index (χ0n) is 46.3. The molecule has 0 aliphatic carbocycles. The number of imidazole rings is 1. The van der Waals surface area contributed by atoms with Gasteiger partial charge in [0.25, 0.3) is 0 Å². The maximum absolute atomic E-state index is 11.4. The molecule has 0 unspecified atom stereocenters. The predicted octanol–water partition coefficient (Wildman–Crippen LogP) is 19.7. The summed E-state index contributed by atoms with van der Waals surface area (Å²) in [6.07, 6.45) is 1.96. The molecule has 0 spiro atoms. The summed E-state index contributed by atoms with van der Waals surface area (Å²) in [5.74, 6) is 0.860. The molecule has 3 aromatic heterocycles. The van der Waals surface area contributed by atoms with Crippen LogP contribution in [0, 0.1) is 0 Å². The number of aromatic hydroxyl groups is 1. The Hall–Kier alpha value is -9.58. The van der Waals surface area contributed by atoms with Gasteiger partial charge in [0.05, 0.1) is 33.3 Å². The van der Waals surface area contributed by atoms with Gasteiger partial charge >= 0.3 is 0 Å². The lowest BCUT2D eigenvalue weighted by atomic mass is 9.82. The lowest BCUT2D eigenvalue weighted by Crippen LogP contribution is -2.11. The van der Waals surface area contributed by atoms with Crippen molar-refractivity contribution in [1.82, 2.24) is 19.1 Å². The molecule has 10 aromatic carbocycles. The summed E-state index contributed by atoms with van der Waals surface area (Å²) in [6, 6.07) is 85.0. The SMILES string of the molecule is Cn1c(-c2ccccc2O)nc2c(-c3cc(-c4cc(-c5cccc6c7ccccc7n(-c7ccccc7)c56)ccn4)cc(-c4ccc(C(C)(C)C)cc4-c4ccccc4)c3)cc(-c3ccc(C(C)(C)C)cc3-c3ccccc3)cc21. The zero-order chi connectivity index (χ0) is 54.9. The van der Waals surface area contributed by atoms with E-state index in [1.807, 2.05) is 24.4 Å². The number of pyridine rings is 1. The third-order valence-corrected chi connectivity index (χ3v) is 16.0. The highest BCUT2D eigenvalue weighted by atomic mass is 16.3. The van der Waals surface area contributed by atoms with Crippen LogP contribution >= 0.6 is 0 Å². The molecule has 0 bridgehead atoms. The van der Waals surface area contributed by atoms with Gasteiger partial charge in [-0.15, -0.1) is 0 Å². The summed E-state index contributed by atoms with van der Waals surface area (Å²) < 4.78 is 4.53. The highest BCUT2D eigenvalue weighted by Gasteiger charge is 2.25. The van der Waals surface area contributed by atoms with E-state index in [1.54, 1.807) is 6.07 Å². The molecule has 0 radical (unpaired) electrons. The first-order valence-electron chi connectivity index (χ1n) is 27.7. The molecule has 5 nitrogen and oxygen atoms in total. The van der Waals surface area contributed by atoms with Crippen molar-refractivity contribution in [3.05, 3.63) is 254 Å². The average Bonchev–Trinajstić information content (AvgIpc) is 4.11. The Labute approximate surface area is 468 Å². The highest BCUT2D eigenvalue weighted by Crippen LogP contribution is 2.46. The van der Waals surface area contributed by atoms with Crippen molar-refractivity contribution in [2.75, 3.05) is 0 Å². The van der Waals surface area contributed by atoms with Gasteiger partial charge in [-0.3, -0.25) is 4.98 Å². The van der Waals surface area contributed by atoms with E-state index in [9.17, 15) is 5.11 Å². The molecule has 3 heterocycles. The van der Waals surface area contributed by atoms with Gasteiger partial charge in [0.1, 0.15) is 11.6 Å². The van der Waals surface area contributed by atoms with Crippen LogP contribution in [-0.4, -0.2) is 24.2 Å². The Morgan fingerprint density at radius 3 is 1.55 bits per heavy atom. The van der Waals surface area contributed by atoms with E-state index in [-0.39, 0.29) is 16.6 Å². The number of rotatable bonds is 9. The lowest BCUT2D eigenvalue weighted by Gasteiger charge is -2.23. The number of benzene rings is 10. The maximum atomic E-state index is 11.4. The molecular weight excluding hydrogens is 973 g/mol. The number of nitrogens with zero attached hydrogens (tertiary/aromatic N) is 4. The molecule has 80 heavy (non-hydrogen) atoms. The second kappa shape index (κ2) is 19.7. The molecule has 0 saturated heterocycles. The fraction of sp³-hybridized carbons (Fsp3) is 0.120. The highest BCUT2D eigenvalue weighted by molar-refractivity contribution is 6.14. The van der Waals surface area contributed by atoms with Crippen molar-refractivity contribution in [3.8, 4) is 101 Å². The van der Waals surface area contributed by atoms with Crippen molar-refractivity contribution in [3.63, 3.8) is 0 Å². The van der Waals surface area contributed by atoms with Gasteiger partial charge < -0.3 is 14.2 Å². The van der Waals surface area contributed by atoms with Gasteiger partial charge in [0.15, 0.2) is 0 Å². The number of hydrogen-bond donors (Lipinski definition) is 1. The van der Waals surface area contributed by atoms with Gasteiger partial charge in [-0.05, 0) is 150 Å². The third-order valence-electron chi connectivity index (χ3n) is 16.0. The minimum Gasteiger partial charge on any atom is -0.507 e. The van der Waals surface area contributed by atoms with Crippen LogP contribution < -0.4 is 0 Å². The Morgan fingerprint density at radius 2 is 0.912 bits per heavy atom. The summed E-state index contributed by atoms with van der Waals surface area (Å²) in [7, 11) is 2.06. The fourth-order valence-electron chi connectivity index (χ4n) is 11.7. The van der Waals surface area contributed by atoms with Crippen LogP contribution in [0.4, 0.5) is 0 Å². The summed E-state index contributed by atoms with van der Waals surface area (Å²) in [5, 5.41) is 13.8. The second-order valence-electron chi connectivity index (χ2n) is 23.3. The molecule has 5 heteroatoms. The molecule has 0 saturated carbocycles. The molecular formula is C75H62N4O. The van der Waals surface area contributed by atoms with Gasteiger partial charge in [-0.2, -0.15) is 0 Å². The van der Waals surface area contributed by atoms with Crippen molar-refractivity contribution >= 4 is 32.8 Å². The molecule has 388 valence electrons. The van der Waals surface area contributed by atoms with Crippen molar-refractivity contribution in [1.29, 1.82) is 0 Å². The minimum absolute atomic E-state index is 0.0650. The fourth-order valence-corrected chi connectivity index (χ4v) is 11.7. The van der Waals surface area contributed by atoms with Crippen LogP contribution in [0.25, 0.3) is 128 Å².